The molecule has 0 aliphatic rings. The van der Waals surface area contributed by atoms with Crippen molar-refractivity contribution in [2.75, 3.05) is 19.6 Å². The standard InChI is InChI=1S/C14H15N3O3S/c1-9-12(13(18)20-3)21-14(16-9)17-15-8-10-6-4-5-7-11(10)19-2/h4-8H,1-3H3,(H,16,17)/b15-8+. The van der Waals surface area contributed by atoms with Gasteiger partial charge in [0.2, 0.25) is 5.13 Å². The molecule has 0 amide bonds. The van der Waals surface area contributed by atoms with Crippen molar-refractivity contribution >= 4 is 28.7 Å². The van der Waals surface area contributed by atoms with E-state index in [4.69, 9.17) is 4.74 Å². The molecule has 0 spiro atoms. The number of rotatable bonds is 5. The highest BCUT2D eigenvalue weighted by molar-refractivity contribution is 7.17. The Morgan fingerprint density at radius 3 is 2.86 bits per heavy atom. The summed E-state index contributed by atoms with van der Waals surface area (Å²) in [5.41, 5.74) is 4.25. The van der Waals surface area contributed by atoms with Crippen LogP contribution in [0.3, 0.4) is 0 Å². The monoisotopic (exact) mass is 305 g/mol. The van der Waals surface area contributed by atoms with Gasteiger partial charge in [0.1, 0.15) is 10.6 Å². The lowest BCUT2D eigenvalue weighted by molar-refractivity contribution is 0.0605. The molecule has 0 radical (unpaired) electrons. The number of benzene rings is 1. The van der Waals surface area contributed by atoms with Crippen molar-refractivity contribution in [3.05, 3.63) is 40.4 Å². The number of hydrogen-bond acceptors (Lipinski definition) is 7. The van der Waals surface area contributed by atoms with Gasteiger partial charge in [-0.1, -0.05) is 23.5 Å². The Balaban J connectivity index is 2.09. The molecule has 1 aromatic carbocycles. The van der Waals surface area contributed by atoms with E-state index in [9.17, 15) is 4.79 Å². The number of hydrogen-bond donors (Lipinski definition) is 1. The summed E-state index contributed by atoms with van der Waals surface area (Å²) < 4.78 is 9.91. The predicted molar refractivity (Wildman–Crippen MR) is 82.4 cm³/mol. The molecule has 6 nitrogen and oxygen atoms in total. The Morgan fingerprint density at radius 2 is 2.14 bits per heavy atom. The second-order valence-corrected chi connectivity index (χ2v) is 5.04. The normalized spacial score (nSPS) is 10.6. The molecule has 2 rings (SSSR count). The molecule has 7 heteroatoms. The third-order valence-corrected chi connectivity index (χ3v) is 3.71. The molecule has 1 heterocycles. The zero-order valence-electron chi connectivity index (χ0n) is 11.9. The number of hydrazone groups is 1. The van der Waals surface area contributed by atoms with E-state index >= 15 is 0 Å². The van der Waals surface area contributed by atoms with Crippen LogP contribution in [0, 0.1) is 6.92 Å². The Morgan fingerprint density at radius 1 is 1.38 bits per heavy atom. The molecule has 0 saturated heterocycles. The SMILES string of the molecule is COC(=O)c1sc(N/N=C/c2ccccc2OC)nc1C. The fourth-order valence-electron chi connectivity index (χ4n) is 1.66. The Hall–Kier alpha value is -2.41. The maximum absolute atomic E-state index is 11.5. The van der Waals surface area contributed by atoms with Crippen LogP contribution in [0.2, 0.25) is 0 Å². The minimum atomic E-state index is -0.397. The Bertz CT molecular complexity index is 667. The highest BCUT2D eigenvalue weighted by Crippen LogP contribution is 2.23. The third-order valence-electron chi connectivity index (χ3n) is 2.67. The Labute approximate surface area is 126 Å². The molecule has 0 atom stereocenters. The number of nitrogens with zero attached hydrogens (tertiary/aromatic N) is 2. The van der Waals surface area contributed by atoms with Gasteiger partial charge in [-0.3, -0.25) is 5.43 Å². The smallest absolute Gasteiger partial charge is 0.350 e. The van der Waals surface area contributed by atoms with Gasteiger partial charge in [-0.25, -0.2) is 9.78 Å². The molecule has 21 heavy (non-hydrogen) atoms. The van der Waals surface area contributed by atoms with Crippen molar-refractivity contribution in [3.63, 3.8) is 0 Å². The van der Waals surface area contributed by atoms with Crippen molar-refractivity contribution in [2.24, 2.45) is 5.10 Å². The lowest BCUT2D eigenvalue weighted by Crippen LogP contribution is -1.99. The number of methoxy groups -OCH3 is 2. The minimum Gasteiger partial charge on any atom is -0.496 e. The van der Waals surface area contributed by atoms with Crippen molar-refractivity contribution in [1.29, 1.82) is 0 Å². The molecule has 2 aromatic rings. The fraction of sp³-hybridized carbons (Fsp3) is 0.214. The number of nitrogens with one attached hydrogen (secondary N) is 1. The minimum absolute atomic E-state index is 0.397. The average Bonchev–Trinajstić information content (AvgIpc) is 2.88. The second kappa shape index (κ2) is 6.85. The summed E-state index contributed by atoms with van der Waals surface area (Å²) in [4.78, 5) is 16.2. The lowest BCUT2D eigenvalue weighted by Gasteiger charge is -2.02. The second-order valence-electron chi connectivity index (χ2n) is 4.04. The summed E-state index contributed by atoms with van der Waals surface area (Å²) in [7, 11) is 2.95. The van der Waals surface area contributed by atoms with Crippen molar-refractivity contribution in [2.45, 2.75) is 6.92 Å². The summed E-state index contributed by atoms with van der Waals surface area (Å²) >= 11 is 1.20. The van der Waals surface area contributed by atoms with Crippen molar-refractivity contribution in [3.8, 4) is 5.75 Å². The number of ether oxygens (including phenoxy) is 2. The molecule has 0 aliphatic heterocycles. The van der Waals surface area contributed by atoms with Gasteiger partial charge in [-0.05, 0) is 19.1 Å². The predicted octanol–water partition coefficient (Wildman–Crippen LogP) is 2.69. The zero-order valence-corrected chi connectivity index (χ0v) is 12.7. The number of para-hydroxylation sites is 1. The van der Waals surface area contributed by atoms with Gasteiger partial charge in [0.25, 0.3) is 0 Å². The van der Waals surface area contributed by atoms with E-state index in [0.29, 0.717) is 15.7 Å². The molecular formula is C14H15N3O3S. The first kappa shape index (κ1) is 15.0. The molecule has 0 saturated carbocycles. The molecular weight excluding hydrogens is 290 g/mol. The highest BCUT2D eigenvalue weighted by Gasteiger charge is 2.15. The average molecular weight is 305 g/mol. The van der Waals surface area contributed by atoms with Crippen LogP contribution in [0.25, 0.3) is 0 Å². The number of aromatic nitrogens is 1. The largest absolute Gasteiger partial charge is 0.496 e. The summed E-state index contributed by atoms with van der Waals surface area (Å²) in [6.07, 6.45) is 1.63. The quantitative estimate of drug-likeness (QED) is 0.522. The molecule has 1 N–H and O–H groups in total. The van der Waals surface area contributed by atoms with Gasteiger partial charge in [0, 0.05) is 5.56 Å². The maximum atomic E-state index is 11.5. The van der Waals surface area contributed by atoms with Gasteiger partial charge in [-0.15, -0.1) is 0 Å². The van der Waals surface area contributed by atoms with Crippen LogP contribution in [0.1, 0.15) is 20.9 Å². The molecule has 1 aromatic heterocycles. The van der Waals surface area contributed by atoms with Gasteiger partial charge in [0.15, 0.2) is 0 Å². The van der Waals surface area contributed by atoms with Crippen LogP contribution in [-0.4, -0.2) is 31.4 Å². The van der Waals surface area contributed by atoms with Crippen LogP contribution in [0.15, 0.2) is 29.4 Å². The first-order chi connectivity index (χ1) is 10.2. The van der Waals surface area contributed by atoms with Gasteiger partial charge < -0.3 is 9.47 Å². The van der Waals surface area contributed by atoms with E-state index < -0.39 is 5.97 Å². The fourth-order valence-corrected chi connectivity index (χ4v) is 2.49. The number of thiazole rings is 1. The van der Waals surface area contributed by atoms with Crippen molar-refractivity contribution in [1.82, 2.24) is 4.98 Å². The summed E-state index contributed by atoms with van der Waals surface area (Å²) in [6, 6.07) is 7.52. The van der Waals surface area contributed by atoms with Crippen LogP contribution < -0.4 is 10.2 Å². The number of aryl methyl sites for hydroxylation is 1. The molecule has 0 fully saturated rings. The molecule has 110 valence electrons. The van der Waals surface area contributed by atoms with E-state index in [-0.39, 0.29) is 0 Å². The van der Waals surface area contributed by atoms with Crippen LogP contribution in [0.5, 0.6) is 5.75 Å². The lowest BCUT2D eigenvalue weighted by atomic mass is 10.2. The third kappa shape index (κ3) is 3.57. The van der Waals surface area contributed by atoms with E-state index in [2.05, 4.69) is 20.2 Å². The van der Waals surface area contributed by atoms with Crippen LogP contribution in [-0.2, 0) is 4.74 Å². The summed E-state index contributed by atoms with van der Waals surface area (Å²) in [5, 5.41) is 4.63. The van der Waals surface area contributed by atoms with Gasteiger partial charge in [0.05, 0.1) is 26.1 Å². The topological polar surface area (TPSA) is 72.8 Å². The first-order valence-corrected chi connectivity index (χ1v) is 6.95. The van der Waals surface area contributed by atoms with Gasteiger partial charge in [-0.2, -0.15) is 5.10 Å². The van der Waals surface area contributed by atoms with E-state index in [0.717, 1.165) is 11.3 Å². The van der Waals surface area contributed by atoms with E-state index in [1.165, 1.54) is 18.4 Å². The Kier molecular flexibility index (Phi) is 4.89. The molecule has 0 aliphatic carbocycles. The molecule has 0 unspecified atom stereocenters. The van der Waals surface area contributed by atoms with E-state index in [1.54, 1.807) is 20.2 Å². The van der Waals surface area contributed by atoms with E-state index in [1.807, 2.05) is 24.3 Å². The number of esters is 1. The molecule has 0 bridgehead atoms. The van der Waals surface area contributed by atoms with Crippen LogP contribution in [0.4, 0.5) is 5.13 Å². The van der Waals surface area contributed by atoms with Crippen LogP contribution >= 0.6 is 11.3 Å². The number of carbonyl (C=O) groups is 1. The summed E-state index contributed by atoms with van der Waals surface area (Å²) in [5.74, 6) is 0.334. The number of anilines is 1. The summed E-state index contributed by atoms with van der Waals surface area (Å²) in [6.45, 7) is 1.75. The van der Waals surface area contributed by atoms with Crippen molar-refractivity contribution < 1.29 is 14.3 Å². The zero-order chi connectivity index (χ0) is 15.2. The number of carbonyl (C=O) groups excluding carboxylic acids is 1. The maximum Gasteiger partial charge on any atom is 0.350 e. The first-order valence-electron chi connectivity index (χ1n) is 6.13. The van der Waals surface area contributed by atoms with Gasteiger partial charge >= 0.3 is 5.97 Å². The highest BCUT2D eigenvalue weighted by atomic mass is 32.1.